The van der Waals surface area contributed by atoms with Crippen LogP contribution < -0.4 is 14.8 Å². The molecule has 4 nitrogen and oxygen atoms in total. The molecule has 0 saturated heterocycles. The highest BCUT2D eigenvalue weighted by atomic mass is 35.5. The molecule has 2 aromatic carbocycles. The number of rotatable bonds is 7. The lowest BCUT2D eigenvalue weighted by Gasteiger charge is -2.12. The Balaban J connectivity index is 2.01. The Kier molecular flexibility index (Phi) is 6.06. The molecule has 0 saturated carbocycles. The fourth-order valence-corrected chi connectivity index (χ4v) is 2.25. The van der Waals surface area contributed by atoms with Crippen molar-refractivity contribution in [3.63, 3.8) is 0 Å². The summed E-state index contributed by atoms with van der Waals surface area (Å²) in [7, 11) is 1.53. The van der Waals surface area contributed by atoms with Crippen molar-refractivity contribution in [3.8, 4) is 11.5 Å². The second kappa shape index (κ2) is 8.25. The molecule has 0 unspecified atom stereocenters. The van der Waals surface area contributed by atoms with E-state index < -0.39 is 0 Å². The number of benzene rings is 2. The van der Waals surface area contributed by atoms with Crippen LogP contribution in [0.15, 0.2) is 55.1 Å². The van der Waals surface area contributed by atoms with Crippen LogP contribution in [0.25, 0.3) is 0 Å². The second-order valence-electron chi connectivity index (χ2n) is 4.78. The normalized spacial score (nSPS) is 10.0. The Morgan fingerprint density at radius 1 is 1.26 bits per heavy atom. The Labute approximate surface area is 140 Å². The molecule has 0 heterocycles. The van der Waals surface area contributed by atoms with Crippen molar-refractivity contribution >= 4 is 23.2 Å². The molecule has 5 heteroatoms. The van der Waals surface area contributed by atoms with Crippen LogP contribution >= 0.6 is 11.6 Å². The van der Waals surface area contributed by atoms with E-state index in [4.69, 9.17) is 21.1 Å². The number of hydrogen-bond acceptors (Lipinski definition) is 3. The van der Waals surface area contributed by atoms with Crippen LogP contribution in [0, 0.1) is 0 Å². The SMILES string of the molecule is C=CCc1ccccc1OCC(=O)Nc1cc(Cl)ccc1OC. The molecule has 1 amide bonds. The van der Waals surface area contributed by atoms with Gasteiger partial charge >= 0.3 is 0 Å². The summed E-state index contributed by atoms with van der Waals surface area (Å²) < 4.78 is 10.8. The van der Waals surface area contributed by atoms with E-state index in [0.717, 1.165) is 5.56 Å². The molecule has 0 atom stereocenters. The molecule has 0 aliphatic rings. The minimum atomic E-state index is -0.293. The summed E-state index contributed by atoms with van der Waals surface area (Å²) in [4.78, 5) is 12.1. The smallest absolute Gasteiger partial charge is 0.262 e. The molecule has 0 aliphatic carbocycles. The second-order valence-corrected chi connectivity index (χ2v) is 5.22. The highest BCUT2D eigenvalue weighted by molar-refractivity contribution is 6.31. The van der Waals surface area contributed by atoms with Gasteiger partial charge in [0.15, 0.2) is 6.61 Å². The quantitative estimate of drug-likeness (QED) is 0.777. The van der Waals surface area contributed by atoms with E-state index >= 15 is 0 Å². The van der Waals surface area contributed by atoms with Gasteiger partial charge < -0.3 is 14.8 Å². The first kappa shape index (κ1) is 16.9. The van der Waals surface area contributed by atoms with E-state index in [2.05, 4.69) is 11.9 Å². The first-order valence-corrected chi connectivity index (χ1v) is 7.47. The van der Waals surface area contributed by atoms with Gasteiger partial charge in [-0.1, -0.05) is 35.9 Å². The zero-order valence-electron chi connectivity index (χ0n) is 12.8. The number of halogens is 1. The third-order valence-electron chi connectivity index (χ3n) is 3.13. The van der Waals surface area contributed by atoms with E-state index in [1.54, 1.807) is 24.3 Å². The maximum Gasteiger partial charge on any atom is 0.262 e. The molecule has 23 heavy (non-hydrogen) atoms. The van der Waals surface area contributed by atoms with Gasteiger partial charge in [0.2, 0.25) is 0 Å². The number of para-hydroxylation sites is 1. The molecular weight excluding hydrogens is 314 g/mol. The van der Waals surface area contributed by atoms with Gasteiger partial charge in [0.05, 0.1) is 12.8 Å². The number of hydrogen-bond donors (Lipinski definition) is 1. The van der Waals surface area contributed by atoms with Crippen LogP contribution in [-0.4, -0.2) is 19.6 Å². The van der Waals surface area contributed by atoms with Gasteiger partial charge in [-0.2, -0.15) is 0 Å². The van der Waals surface area contributed by atoms with Crippen molar-refractivity contribution in [3.05, 3.63) is 65.7 Å². The van der Waals surface area contributed by atoms with E-state index in [-0.39, 0.29) is 12.5 Å². The van der Waals surface area contributed by atoms with Crippen molar-refractivity contribution in [1.82, 2.24) is 0 Å². The number of allylic oxidation sites excluding steroid dienone is 1. The van der Waals surface area contributed by atoms with Gasteiger partial charge in [-0.3, -0.25) is 4.79 Å². The Bertz CT molecular complexity index is 700. The molecule has 120 valence electrons. The van der Waals surface area contributed by atoms with E-state index in [1.165, 1.54) is 7.11 Å². The minimum absolute atomic E-state index is 0.107. The summed E-state index contributed by atoms with van der Waals surface area (Å²) in [5.41, 5.74) is 1.49. The van der Waals surface area contributed by atoms with Crippen LogP contribution in [0.2, 0.25) is 5.02 Å². The monoisotopic (exact) mass is 331 g/mol. The standard InChI is InChI=1S/C18H18ClNO3/c1-3-6-13-7-4-5-8-16(13)23-12-18(21)20-15-11-14(19)9-10-17(15)22-2/h3-5,7-11H,1,6,12H2,2H3,(H,20,21). The zero-order valence-corrected chi connectivity index (χ0v) is 13.6. The van der Waals surface area contributed by atoms with Crippen molar-refractivity contribution in [2.45, 2.75) is 6.42 Å². The predicted molar refractivity (Wildman–Crippen MR) is 92.5 cm³/mol. The van der Waals surface area contributed by atoms with Crippen LogP contribution in [0.3, 0.4) is 0 Å². The lowest BCUT2D eigenvalue weighted by molar-refractivity contribution is -0.118. The van der Waals surface area contributed by atoms with Crippen molar-refractivity contribution in [2.24, 2.45) is 0 Å². The summed E-state index contributed by atoms with van der Waals surface area (Å²) in [6.45, 7) is 3.61. The van der Waals surface area contributed by atoms with Gasteiger partial charge in [0, 0.05) is 5.02 Å². The maximum absolute atomic E-state index is 12.1. The average molecular weight is 332 g/mol. The highest BCUT2D eigenvalue weighted by Crippen LogP contribution is 2.27. The maximum atomic E-state index is 12.1. The van der Waals surface area contributed by atoms with Crippen LogP contribution in [-0.2, 0) is 11.2 Å². The lowest BCUT2D eigenvalue weighted by Crippen LogP contribution is -2.20. The summed E-state index contributed by atoms with van der Waals surface area (Å²) >= 11 is 5.94. The molecule has 0 aromatic heterocycles. The van der Waals surface area contributed by atoms with E-state index in [9.17, 15) is 4.79 Å². The number of carbonyl (C=O) groups is 1. The Morgan fingerprint density at radius 2 is 2.04 bits per heavy atom. The summed E-state index contributed by atoms with van der Waals surface area (Å²) in [6.07, 6.45) is 2.47. The summed E-state index contributed by atoms with van der Waals surface area (Å²) in [5, 5.41) is 3.24. The zero-order chi connectivity index (χ0) is 16.7. The number of carbonyl (C=O) groups excluding carboxylic acids is 1. The van der Waals surface area contributed by atoms with Crippen molar-refractivity contribution in [1.29, 1.82) is 0 Å². The minimum Gasteiger partial charge on any atom is -0.495 e. The van der Waals surface area contributed by atoms with Gasteiger partial charge in [-0.15, -0.1) is 6.58 Å². The number of amides is 1. The fourth-order valence-electron chi connectivity index (χ4n) is 2.08. The number of ether oxygens (including phenoxy) is 2. The lowest BCUT2D eigenvalue weighted by atomic mass is 10.1. The topological polar surface area (TPSA) is 47.6 Å². The van der Waals surface area contributed by atoms with Gasteiger partial charge in [-0.05, 0) is 36.2 Å². The number of anilines is 1. The molecule has 0 spiro atoms. The van der Waals surface area contributed by atoms with Crippen molar-refractivity contribution in [2.75, 3.05) is 19.0 Å². The third-order valence-corrected chi connectivity index (χ3v) is 3.37. The largest absolute Gasteiger partial charge is 0.495 e. The fraction of sp³-hybridized carbons (Fsp3) is 0.167. The predicted octanol–water partition coefficient (Wildman–Crippen LogP) is 4.09. The Hall–Kier alpha value is -2.46. The van der Waals surface area contributed by atoms with Gasteiger partial charge in [0.25, 0.3) is 5.91 Å². The first-order chi connectivity index (χ1) is 11.1. The van der Waals surface area contributed by atoms with Crippen LogP contribution in [0.4, 0.5) is 5.69 Å². The van der Waals surface area contributed by atoms with E-state index in [1.807, 2.05) is 24.3 Å². The molecule has 1 N–H and O–H groups in total. The van der Waals surface area contributed by atoms with Crippen molar-refractivity contribution < 1.29 is 14.3 Å². The van der Waals surface area contributed by atoms with Crippen LogP contribution in [0.1, 0.15) is 5.56 Å². The number of nitrogens with one attached hydrogen (secondary N) is 1. The average Bonchev–Trinajstić information content (AvgIpc) is 2.54. The Morgan fingerprint density at radius 3 is 2.78 bits per heavy atom. The summed E-state index contributed by atoms with van der Waals surface area (Å²) in [6, 6.07) is 12.6. The number of methoxy groups -OCH3 is 1. The molecule has 0 fully saturated rings. The summed E-state index contributed by atoms with van der Waals surface area (Å²) in [5.74, 6) is 0.911. The molecule has 0 aliphatic heterocycles. The van der Waals surface area contributed by atoms with Gasteiger partial charge in [-0.25, -0.2) is 0 Å². The highest BCUT2D eigenvalue weighted by Gasteiger charge is 2.10. The van der Waals surface area contributed by atoms with E-state index in [0.29, 0.717) is 28.6 Å². The molecular formula is C18H18ClNO3. The molecule has 2 aromatic rings. The van der Waals surface area contributed by atoms with Gasteiger partial charge in [0.1, 0.15) is 11.5 Å². The third kappa shape index (κ3) is 4.76. The first-order valence-electron chi connectivity index (χ1n) is 7.09. The molecule has 0 radical (unpaired) electrons. The molecule has 2 rings (SSSR count). The molecule has 0 bridgehead atoms. The van der Waals surface area contributed by atoms with Crippen LogP contribution in [0.5, 0.6) is 11.5 Å².